The summed E-state index contributed by atoms with van der Waals surface area (Å²) in [6.45, 7) is 9.26. The fourth-order valence-corrected chi connectivity index (χ4v) is 8.39. The Morgan fingerprint density at radius 2 is 1.89 bits per heavy atom. The molecule has 0 bridgehead atoms. The maximum Gasteiger partial charge on any atom is 0.239 e. The number of aromatic nitrogens is 1. The topological polar surface area (TPSA) is 77.7 Å². The second-order valence-electron chi connectivity index (χ2n) is 12.0. The normalized spacial score (nSPS) is 20.7. The van der Waals surface area contributed by atoms with E-state index >= 15 is 0 Å². The summed E-state index contributed by atoms with van der Waals surface area (Å²) in [7, 11) is 0. The average Bonchev–Trinajstić information content (AvgIpc) is 3.55. The molecule has 2 aliphatic heterocycles. The summed E-state index contributed by atoms with van der Waals surface area (Å²) in [5, 5.41) is 4.86. The first-order valence-corrected chi connectivity index (χ1v) is 17.4. The number of ether oxygens (including phenoxy) is 1. The monoisotopic (exact) mass is 708 g/mol. The minimum Gasteiger partial charge on any atom is -0.379 e. The van der Waals surface area contributed by atoms with Gasteiger partial charge < -0.3 is 19.9 Å². The zero-order valence-corrected chi connectivity index (χ0v) is 28.7. The van der Waals surface area contributed by atoms with Crippen molar-refractivity contribution in [3.63, 3.8) is 0 Å². The molecule has 4 aromatic rings. The van der Waals surface area contributed by atoms with Crippen LogP contribution in [0.4, 0.5) is 0 Å². The van der Waals surface area contributed by atoms with Crippen LogP contribution in [0.5, 0.6) is 0 Å². The number of morpholine rings is 1. The fourth-order valence-electron chi connectivity index (χ4n) is 6.48. The van der Waals surface area contributed by atoms with Crippen molar-refractivity contribution in [2.45, 2.75) is 48.9 Å². The van der Waals surface area contributed by atoms with Crippen LogP contribution in [0.2, 0.25) is 5.02 Å². The van der Waals surface area contributed by atoms with Crippen molar-refractivity contribution in [2.24, 2.45) is 0 Å². The summed E-state index contributed by atoms with van der Waals surface area (Å²) in [5.74, 6) is -0.165. The molecule has 2 saturated heterocycles. The van der Waals surface area contributed by atoms with Gasteiger partial charge in [-0.1, -0.05) is 63.4 Å². The number of nitrogens with one attached hydrogen (secondary N) is 2. The number of rotatable bonds is 10. The fraction of sp³-hybridized carbons (Fsp3) is 0.371. The van der Waals surface area contributed by atoms with Crippen LogP contribution >= 0.6 is 39.3 Å². The summed E-state index contributed by atoms with van der Waals surface area (Å²) < 4.78 is 5.35. The van der Waals surface area contributed by atoms with Crippen molar-refractivity contribution in [3.8, 4) is 0 Å². The summed E-state index contributed by atoms with van der Waals surface area (Å²) in [5.41, 5.74) is 5.02. The summed E-state index contributed by atoms with van der Waals surface area (Å²) >= 11 is 11.4. The van der Waals surface area contributed by atoms with E-state index in [1.165, 1.54) is 11.8 Å². The molecule has 2 fully saturated rings. The molecule has 6 rings (SSSR count). The molecular weight excluding hydrogens is 672 g/mol. The van der Waals surface area contributed by atoms with Gasteiger partial charge in [0, 0.05) is 63.2 Å². The van der Waals surface area contributed by atoms with E-state index in [4.69, 9.17) is 16.3 Å². The number of likely N-dealkylation sites (tertiary alicyclic amines) is 1. The number of thioether (sulfide) groups is 1. The van der Waals surface area contributed by atoms with Crippen molar-refractivity contribution >= 4 is 62.0 Å². The number of aromatic amines is 1. The van der Waals surface area contributed by atoms with Crippen molar-refractivity contribution in [1.29, 1.82) is 0 Å². The third-order valence-corrected chi connectivity index (χ3v) is 11.1. The Kier molecular flexibility index (Phi) is 9.92. The third kappa shape index (κ3) is 6.98. The van der Waals surface area contributed by atoms with Gasteiger partial charge in [-0.2, -0.15) is 0 Å². The molecule has 0 aliphatic carbocycles. The number of hydrogen-bond donors (Lipinski definition) is 2. The van der Waals surface area contributed by atoms with E-state index in [0.29, 0.717) is 18.1 Å². The Bertz CT molecular complexity index is 1690. The van der Waals surface area contributed by atoms with Crippen LogP contribution < -0.4 is 5.32 Å². The van der Waals surface area contributed by atoms with Crippen LogP contribution in [0, 0.1) is 13.8 Å². The minimum atomic E-state index is -1.11. The lowest BCUT2D eigenvalue weighted by Crippen LogP contribution is -2.49. The Labute approximate surface area is 282 Å². The number of hydrogen-bond acceptors (Lipinski definition) is 5. The van der Waals surface area contributed by atoms with E-state index in [-0.39, 0.29) is 18.2 Å². The van der Waals surface area contributed by atoms with Crippen LogP contribution in [0.3, 0.4) is 0 Å². The first-order chi connectivity index (χ1) is 21.7. The number of H-pyrrole nitrogens is 1. The van der Waals surface area contributed by atoms with Crippen molar-refractivity contribution in [1.82, 2.24) is 20.1 Å². The van der Waals surface area contributed by atoms with Crippen LogP contribution in [-0.2, 0) is 20.9 Å². The predicted octanol–water partition coefficient (Wildman–Crippen LogP) is 7.04. The van der Waals surface area contributed by atoms with Gasteiger partial charge in [0.05, 0.1) is 25.7 Å². The second kappa shape index (κ2) is 13.9. The lowest BCUT2D eigenvalue weighted by molar-refractivity contribution is -0.129. The molecule has 1 aromatic heterocycles. The first-order valence-electron chi connectivity index (χ1n) is 15.4. The molecule has 2 atom stereocenters. The summed E-state index contributed by atoms with van der Waals surface area (Å²) in [4.78, 5) is 37.5. The number of aryl methyl sites for hydroxylation is 2. The quantitative estimate of drug-likeness (QED) is 0.173. The maximum absolute atomic E-state index is 14.7. The molecule has 7 nitrogen and oxygen atoms in total. The largest absolute Gasteiger partial charge is 0.379 e. The van der Waals surface area contributed by atoms with Crippen LogP contribution in [-0.4, -0.2) is 70.7 Å². The summed E-state index contributed by atoms with van der Waals surface area (Å²) in [6, 6.07) is 19.5. The molecule has 2 aliphatic rings. The van der Waals surface area contributed by atoms with Gasteiger partial charge in [0.1, 0.15) is 4.75 Å². The number of fused-ring (bicyclic) bond motifs is 1. The van der Waals surface area contributed by atoms with E-state index in [2.05, 4.69) is 63.2 Å². The van der Waals surface area contributed by atoms with Gasteiger partial charge in [0.25, 0.3) is 0 Å². The number of halogens is 2. The smallest absolute Gasteiger partial charge is 0.239 e. The molecule has 0 radical (unpaired) electrons. The van der Waals surface area contributed by atoms with Crippen molar-refractivity contribution < 1.29 is 14.3 Å². The van der Waals surface area contributed by atoms with Gasteiger partial charge >= 0.3 is 0 Å². The number of amides is 2. The Morgan fingerprint density at radius 1 is 1.11 bits per heavy atom. The van der Waals surface area contributed by atoms with Crippen molar-refractivity contribution in [2.75, 3.05) is 39.4 Å². The van der Waals surface area contributed by atoms with Gasteiger partial charge in [0.2, 0.25) is 11.8 Å². The molecule has 45 heavy (non-hydrogen) atoms. The summed E-state index contributed by atoms with van der Waals surface area (Å²) in [6.07, 6.45) is 2.85. The minimum absolute atomic E-state index is 0.0491. The molecule has 3 aromatic carbocycles. The van der Waals surface area contributed by atoms with Gasteiger partial charge in [-0.3, -0.25) is 14.5 Å². The Morgan fingerprint density at radius 3 is 2.64 bits per heavy atom. The van der Waals surface area contributed by atoms with E-state index in [0.717, 1.165) is 81.8 Å². The maximum atomic E-state index is 14.7. The number of carbonyl (C=O) groups is 2. The molecule has 0 spiro atoms. The van der Waals surface area contributed by atoms with Crippen molar-refractivity contribution in [3.05, 3.63) is 98.6 Å². The van der Waals surface area contributed by atoms with E-state index in [9.17, 15) is 9.59 Å². The SMILES string of the molecule is Cc1ccc(S[C@]2(C(=O)NCCCN3CCOCC3)CC(=O)N(Cc3ccc(Br)cc3)[C@@H]2c2c[nH]c3cc(Cl)ccc23)c(C)c1. The number of nitrogens with zero attached hydrogens (tertiary/aromatic N) is 2. The molecule has 2 N–H and O–H groups in total. The average molecular weight is 710 g/mol. The highest BCUT2D eigenvalue weighted by Gasteiger charge is 2.58. The molecule has 0 unspecified atom stereocenters. The van der Waals surface area contributed by atoms with Crippen LogP contribution in [0.25, 0.3) is 10.9 Å². The van der Waals surface area contributed by atoms with E-state index in [1.54, 1.807) is 0 Å². The predicted molar refractivity (Wildman–Crippen MR) is 185 cm³/mol. The highest BCUT2D eigenvalue weighted by atomic mass is 79.9. The molecule has 3 heterocycles. The van der Waals surface area contributed by atoms with Gasteiger partial charge in [-0.25, -0.2) is 0 Å². The molecular formula is C35H38BrClN4O3S. The van der Waals surface area contributed by atoms with Crippen LogP contribution in [0.1, 0.15) is 41.1 Å². The molecule has 2 amide bonds. The Balaban J connectivity index is 1.41. The highest BCUT2D eigenvalue weighted by Crippen LogP contribution is 2.55. The van der Waals surface area contributed by atoms with Crippen LogP contribution in [0.15, 0.2) is 76.2 Å². The third-order valence-electron chi connectivity index (χ3n) is 8.77. The first kappa shape index (κ1) is 32.1. The zero-order chi connectivity index (χ0) is 31.6. The zero-order valence-electron chi connectivity index (χ0n) is 25.6. The lowest BCUT2D eigenvalue weighted by atomic mass is 9.91. The molecule has 236 valence electrons. The van der Waals surface area contributed by atoms with Gasteiger partial charge in [-0.15, -0.1) is 11.8 Å². The second-order valence-corrected chi connectivity index (χ2v) is 14.7. The number of carbonyl (C=O) groups excluding carboxylic acids is 2. The van der Waals surface area contributed by atoms with E-state index in [1.807, 2.05) is 53.6 Å². The molecule has 10 heteroatoms. The Hall–Kier alpha value is -2.82. The van der Waals surface area contributed by atoms with Gasteiger partial charge in [-0.05, 0) is 68.3 Å². The highest BCUT2D eigenvalue weighted by molar-refractivity contribution is 9.10. The van der Waals surface area contributed by atoms with E-state index < -0.39 is 10.8 Å². The lowest BCUT2D eigenvalue weighted by Gasteiger charge is -2.37. The molecule has 0 saturated carbocycles. The number of benzene rings is 3. The standard InChI is InChI=1S/C35H38BrClN4O3S/c1-23-4-11-31(24(2)18-23)45-35(34(43)38-12-3-13-40-14-16-44-17-15-40)20-32(42)41(22-25-5-7-26(36)8-6-25)33(35)29-21-39-30-19-27(37)9-10-28(29)30/h4-11,18-19,21,33,39H,3,12-17,20,22H2,1-2H3,(H,38,43)/t33-,35-/m1/s1. The van der Waals surface area contributed by atoms with Gasteiger partial charge in [0.15, 0.2) is 0 Å².